The second kappa shape index (κ2) is 6.81. The second-order valence-electron chi connectivity index (χ2n) is 4.03. The monoisotopic (exact) mass is 351 g/mol. The fourth-order valence-electron chi connectivity index (χ4n) is 1.72. The third-order valence-corrected chi connectivity index (χ3v) is 4.01. The first kappa shape index (κ1) is 14.9. The van der Waals surface area contributed by atoms with Crippen molar-refractivity contribution in [2.45, 2.75) is 4.90 Å². The van der Waals surface area contributed by atoms with E-state index in [9.17, 15) is 4.79 Å². The highest BCUT2D eigenvalue weighted by atomic mass is 79.9. The lowest BCUT2D eigenvalue weighted by Crippen LogP contribution is -2.13. The molecule has 5 heteroatoms. The van der Waals surface area contributed by atoms with E-state index < -0.39 is 0 Å². The number of thioether (sulfide) groups is 1. The Morgan fingerprint density at radius 1 is 1.20 bits per heavy atom. The Bertz CT molecular complexity index is 614. The molecule has 2 aromatic carbocycles. The number of ether oxygens (including phenoxy) is 1. The van der Waals surface area contributed by atoms with Crippen molar-refractivity contribution in [3.8, 4) is 5.75 Å². The van der Waals surface area contributed by atoms with Crippen LogP contribution in [0.15, 0.2) is 51.8 Å². The van der Waals surface area contributed by atoms with Crippen molar-refractivity contribution in [1.29, 1.82) is 0 Å². The summed E-state index contributed by atoms with van der Waals surface area (Å²) in [6, 6.07) is 13.0. The van der Waals surface area contributed by atoms with Crippen molar-refractivity contribution in [2.75, 3.05) is 18.7 Å². The lowest BCUT2D eigenvalue weighted by molar-refractivity contribution is 0.102. The van der Waals surface area contributed by atoms with Gasteiger partial charge in [-0.25, -0.2) is 0 Å². The quantitative estimate of drug-likeness (QED) is 0.828. The van der Waals surface area contributed by atoms with E-state index in [1.54, 1.807) is 24.9 Å². The van der Waals surface area contributed by atoms with Crippen molar-refractivity contribution in [1.82, 2.24) is 0 Å². The molecule has 0 aliphatic rings. The number of amides is 1. The molecule has 0 aliphatic carbocycles. The predicted octanol–water partition coefficient (Wildman–Crippen LogP) is 4.43. The van der Waals surface area contributed by atoms with Gasteiger partial charge < -0.3 is 10.1 Å². The van der Waals surface area contributed by atoms with Gasteiger partial charge in [0.15, 0.2) is 0 Å². The minimum Gasteiger partial charge on any atom is -0.496 e. The summed E-state index contributed by atoms with van der Waals surface area (Å²) in [5.41, 5.74) is 1.27. The molecular weight excluding hydrogens is 338 g/mol. The van der Waals surface area contributed by atoms with Gasteiger partial charge in [0, 0.05) is 15.1 Å². The summed E-state index contributed by atoms with van der Waals surface area (Å²) in [5.74, 6) is 0.392. The molecule has 0 fully saturated rings. The molecule has 104 valence electrons. The van der Waals surface area contributed by atoms with Crippen LogP contribution < -0.4 is 10.1 Å². The standard InChI is InChI=1S/C15H14BrNO2S/c1-19-14-9-12(20-2)7-8-13(14)15(18)17-11-5-3-10(16)4-6-11/h3-9H,1-2H3,(H,17,18). The highest BCUT2D eigenvalue weighted by molar-refractivity contribution is 9.10. The van der Waals surface area contributed by atoms with Crippen LogP contribution in [0.3, 0.4) is 0 Å². The third kappa shape index (κ3) is 3.55. The van der Waals surface area contributed by atoms with Crippen LogP contribution >= 0.6 is 27.7 Å². The molecule has 1 N–H and O–H groups in total. The maximum absolute atomic E-state index is 12.3. The number of rotatable bonds is 4. The normalized spacial score (nSPS) is 10.2. The zero-order valence-electron chi connectivity index (χ0n) is 11.1. The Kier molecular flexibility index (Phi) is 5.09. The van der Waals surface area contributed by atoms with Gasteiger partial charge in [-0.15, -0.1) is 11.8 Å². The van der Waals surface area contributed by atoms with Crippen molar-refractivity contribution >= 4 is 39.3 Å². The fraction of sp³-hybridized carbons (Fsp3) is 0.133. The van der Waals surface area contributed by atoms with Crippen LogP contribution in [0.5, 0.6) is 5.75 Å². The molecule has 0 radical (unpaired) electrons. The van der Waals surface area contributed by atoms with Gasteiger partial charge in [-0.2, -0.15) is 0 Å². The van der Waals surface area contributed by atoms with Crippen LogP contribution in [0.1, 0.15) is 10.4 Å². The zero-order chi connectivity index (χ0) is 14.5. The predicted molar refractivity (Wildman–Crippen MR) is 86.9 cm³/mol. The Morgan fingerprint density at radius 3 is 2.50 bits per heavy atom. The van der Waals surface area contributed by atoms with Crippen LogP contribution in [-0.4, -0.2) is 19.3 Å². The molecule has 2 aromatic rings. The van der Waals surface area contributed by atoms with Crippen LogP contribution in [0, 0.1) is 0 Å². The summed E-state index contributed by atoms with van der Waals surface area (Å²) < 4.78 is 6.25. The molecule has 0 atom stereocenters. The summed E-state index contributed by atoms with van der Waals surface area (Å²) in [5, 5.41) is 2.85. The van der Waals surface area contributed by atoms with Gasteiger partial charge in [0.2, 0.25) is 0 Å². The van der Waals surface area contributed by atoms with E-state index in [0.29, 0.717) is 11.3 Å². The van der Waals surface area contributed by atoms with Gasteiger partial charge in [0.1, 0.15) is 5.75 Å². The van der Waals surface area contributed by atoms with Gasteiger partial charge in [-0.3, -0.25) is 4.79 Å². The number of carbonyl (C=O) groups excluding carboxylic acids is 1. The Balaban J connectivity index is 2.22. The average Bonchev–Trinajstić information content (AvgIpc) is 2.48. The summed E-state index contributed by atoms with van der Waals surface area (Å²) in [6.45, 7) is 0. The molecule has 0 spiro atoms. The number of hydrogen-bond acceptors (Lipinski definition) is 3. The fourth-order valence-corrected chi connectivity index (χ4v) is 2.41. The van der Waals surface area contributed by atoms with Crippen LogP contribution in [0.2, 0.25) is 0 Å². The van der Waals surface area contributed by atoms with E-state index in [4.69, 9.17) is 4.74 Å². The number of carbonyl (C=O) groups is 1. The maximum atomic E-state index is 12.3. The van der Waals surface area contributed by atoms with Crippen LogP contribution in [0.25, 0.3) is 0 Å². The SMILES string of the molecule is COc1cc(SC)ccc1C(=O)Nc1ccc(Br)cc1. The largest absolute Gasteiger partial charge is 0.496 e. The highest BCUT2D eigenvalue weighted by Crippen LogP contribution is 2.26. The first-order valence-electron chi connectivity index (χ1n) is 5.93. The summed E-state index contributed by atoms with van der Waals surface area (Å²) >= 11 is 4.97. The zero-order valence-corrected chi connectivity index (χ0v) is 13.5. The van der Waals surface area contributed by atoms with E-state index in [0.717, 1.165) is 15.1 Å². The first-order chi connectivity index (χ1) is 9.63. The molecule has 0 heterocycles. The Hall–Kier alpha value is -1.46. The second-order valence-corrected chi connectivity index (χ2v) is 5.82. The van der Waals surface area contributed by atoms with E-state index in [1.807, 2.05) is 42.7 Å². The lowest BCUT2D eigenvalue weighted by atomic mass is 10.2. The number of benzene rings is 2. The minimum absolute atomic E-state index is 0.183. The summed E-state index contributed by atoms with van der Waals surface area (Å²) in [4.78, 5) is 13.3. The number of hydrogen-bond donors (Lipinski definition) is 1. The minimum atomic E-state index is -0.183. The molecule has 0 aliphatic heterocycles. The van der Waals surface area contributed by atoms with Crippen molar-refractivity contribution in [2.24, 2.45) is 0 Å². The number of anilines is 1. The van der Waals surface area contributed by atoms with E-state index in [2.05, 4.69) is 21.2 Å². The number of halogens is 1. The smallest absolute Gasteiger partial charge is 0.259 e. The molecule has 3 nitrogen and oxygen atoms in total. The van der Waals surface area contributed by atoms with Crippen molar-refractivity contribution < 1.29 is 9.53 Å². The molecule has 0 aromatic heterocycles. The van der Waals surface area contributed by atoms with Gasteiger partial charge >= 0.3 is 0 Å². The lowest BCUT2D eigenvalue weighted by Gasteiger charge is -2.10. The van der Waals surface area contributed by atoms with E-state index >= 15 is 0 Å². The molecule has 0 bridgehead atoms. The van der Waals surface area contributed by atoms with E-state index in [-0.39, 0.29) is 5.91 Å². The topological polar surface area (TPSA) is 38.3 Å². The van der Waals surface area contributed by atoms with Gasteiger partial charge in [0.05, 0.1) is 12.7 Å². The van der Waals surface area contributed by atoms with Crippen LogP contribution in [-0.2, 0) is 0 Å². The molecule has 0 unspecified atom stereocenters. The molecule has 2 rings (SSSR count). The molecular formula is C15H14BrNO2S. The molecule has 0 saturated heterocycles. The van der Waals surface area contributed by atoms with Gasteiger partial charge in [0.25, 0.3) is 5.91 Å². The van der Waals surface area contributed by atoms with Crippen LogP contribution in [0.4, 0.5) is 5.69 Å². The van der Waals surface area contributed by atoms with Crippen molar-refractivity contribution in [3.63, 3.8) is 0 Å². The molecule has 20 heavy (non-hydrogen) atoms. The van der Waals surface area contributed by atoms with Gasteiger partial charge in [-0.05, 0) is 48.7 Å². The number of nitrogens with one attached hydrogen (secondary N) is 1. The van der Waals surface area contributed by atoms with Gasteiger partial charge in [-0.1, -0.05) is 15.9 Å². The highest BCUT2D eigenvalue weighted by Gasteiger charge is 2.13. The third-order valence-electron chi connectivity index (χ3n) is 2.76. The maximum Gasteiger partial charge on any atom is 0.259 e. The molecule has 0 saturated carbocycles. The average molecular weight is 352 g/mol. The Morgan fingerprint density at radius 2 is 1.90 bits per heavy atom. The summed E-state index contributed by atoms with van der Waals surface area (Å²) in [7, 11) is 1.57. The Labute approximate surface area is 130 Å². The van der Waals surface area contributed by atoms with E-state index in [1.165, 1.54) is 0 Å². The molecule has 1 amide bonds. The van der Waals surface area contributed by atoms with Crippen molar-refractivity contribution in [3.05, 3.63) is 52.5 Å². The summed E-state index contributed by atoms with van der Waals surface area (Å²) in [6.07, 6.45) is 1.98. The number of methoxy groups -OCH3 is 1. The first-order valence-corrected chi connectivity index (χ1v) is 7.94.